The maximum Gasteiger partial charge on any atom is 0.310 e. The molecule has 1 saturated carbocycles. The molecule has 1 unspecified atom stereocenters. The molecule has 3 rings (SSSR count). The Morgan fingerprint density at radius 3 is 2.73 bits per heavy atom. The Bertz CT molecular complexity index is 708. The molecule has 5 nitrogen and oxygen atoms in total. The normalized spacial score (nSPS) is 16.4. The summed E-state index contributed by atoms with van der Waals surface area (Å²) in [5, 5.41) is 7.56. The van der Waals surface area contributed by atoms with E-state index >= 15 is 0 Å². The van der Waals surface area contributed by atoms with E-state index in [-0.39, 0.29) is 17.7 Å². The Morgan fingerprint density at radius 2 is 2.04 bits per heavy atom. The molecule has 0 saturated heterocycles. The van der Waals surface area contributed by atoms with Crippen LogP contribution < -0.4 is 5.32 Å². The molecule has 140 valence electrons. The van der Waals surface area contributed by atoms with E-state index in [9.17, 15) is 9.18 Å². The van der Waals surface area contributed by atoms with Crippen LogP contribution in [0.15, 0.2) is 34.9 Å². The minimum atomic E-state index is -0.312. The van der Waals surface area contributed by atoms with Crippen molar-refractivity contribution in [2.45, 2.75) is 44.6 Å². The molecule has 6 heteroatoms. The minimum Gasteiger partial charge on any atom is -0.469 e. The largest absolute Gasteiger partial charge is 0.469 e. The standard InChI is InChI=1S/C20H25FN2O3/c1-25-20(24)15(13-22-17-5-3-2-4-6-17)11-18-12-19(26-23-18)14-7-9-16(21)10-8-14/h7-10,12,15,17,22H,2-6,11,13H2,1H3. The second-order valence-corrected chi connectivity index (χ2v) is 6.86. The van der Waals surface area contributed by atoms with Crippen molar-refractivity contribution in [3.8, 4) is 11.3 Å². The third-order valence-electron chi connectivity index (χ3n) is 4.94. The van der Waals surface area contributed by atoms with E-state index in [0.717, 1.165) is 18.4 Å². The zero-order valence-corrected chi connectivity index (χ0v) is 15.0. The van der Waals surface area contributed by atoms with Crippen molar-refractivity contribution in [3.05, 3.63) is 41.8 Å². The lowest BCUT2D eigenvalue weighted by atomic mass is 9.94. The maximum absolute atomic E-state index is 13.0. The highest BCUT2D eigenvalue weighted by molar-refractivity contribution is 5.73. The molecule has 1 fully saturated rings. The predicted octanol–water partition coefficient (Wildman–Crippen LogP) is 3.73. The summed E-state index contributed by atoms with van der Waals surface area (Å²) >= 11 is 0. The number of hydrogen-bond acceptors (Lipinski definition) is 5. The van der Waals surface area contributed by atoms with Crippen LogP contribution in [-0.2, 0) is 16.0 Å². The summed E-state index contributed by atoms with van der Waals surface area (Å²) in [6.45, 7) is 0.566. The number of carbonyl (C=O) groups is 1. The first kappa shape index (κ1) is 18.6. The van der Waals surface area contributed by atoms with Crippen molar-refractivity contribution in [1.29, 1.82) is 0 Å². The van der Waals surface area contributed by atoms with Gasteiger partial charge in [-0.25, -0.2) is 4.39 Å². The van der Waals surface area contributed by atoms with E-state index in [1.165, 1.54) is 38.5 Å². The molecular formula is C20H25FN2O3. The summed E-state index contributed by atoms with van der Waals surface area (Å²) in [6.07, 6.45) is 6.54. The average Bonchev–Trinajstić information content (AvgIpc) is 3.14. The monoisotopic (exact) mass is 360 g/mol. The van der Waals surface area contributed by atoms with Gasteiger partial charge in [-0.05, 0) is 37.1 Å². The van der Waals surface area contributed by atoms with Crippen LogP contribution in [0.3, 0.4) is 0 Å². The second kappa shape index (κ2) is 8.94. The number of carbonyl (C=O) groups excluding carboxylic acids is 1. The zero-order valence-electron chi connectivity index (χ0n) is 15.0. The van der Waals surface area contributed by atoms with Gasteiger partial charge in [0.25, 0.3) is 0 Å². The quantitative estimate of drug-likeness (QED) is 0.762. The van der Waals surface area contributed by atoms with E-state index in [0.29, 0.717) is 30.5 Å². The third-order valence-corrected chi connectivity index (χ3v) is 4.94. The fourth-order valence-corrected chi connectivity index (χ4v) is 3.43. The van der Waals surface area contributed by atoms with E-state index in [1.807, 2.05) is 0 Å². The number of nitrogens with one attached hydrogen (secondary N) is 1. The summed E-state index contributed by atoms with van der Waals surface area (Å²) in [5.41, 5.74) is 1.44. The number of benzene rings is 1. The number of esters is 1. The van der Waals surface area contributed by atoms with Crippen molar-refractivity contribution in [3.63, 3.8) is 0 Å². The van der Waals surface area contributed by atoms with E-state index in [4.69, 9.17) is 9.26 Å². The van der Waals surface area contributed by atoms with Gasteiger partial charge in [0, 0.05) is 30.6 Å². The smallest absolute Gasteiger partial charge is 0.310 e. The van der Waals surface area contributed by atoms with Crippen molar-refractivity contribution >= 4 is 5.97 Å². The van der Waals surface area contributed by atoms with Crippen LogP contribution in [0.25, 0.3) is 11.3 Å². The molecule has 0 aliphatic heterocycles. The van der Waals surface area contributed by atoms with Crippen LogP contribution >= 0.6 is 0 Å². The Kier molecular flexibility index (Phi) is 6.39. The summed E-state index contributed by atoms with van der Waals surface area (Å²) in [5.74, 6) is -0.301. The molecular weight excluding hydrogens is 335 g/mol. The molecule has 1 atom stereocenters. The van der Waals surface area contributed by atoms with Crippen LogP contribution in [0, 0.1) is 11.7 Å². The molecule has 1 aliphatic carbocycles. The molecule has 1 aliphatic rings. The molecule has 1 N–H and O–H groups in total. The predicted molar refractivity (Wildman–Crippen MR) is 96.0 cm³/mol. The van der Waals surface area contributed by atoms with Crippen LogP contribution in [0.5, 0.6) is 0 Å². The first-order valence-electron chi connectivity index (χ1n) is 9.18. The lowest BCUT2D eigenvalue weighted by molar-refractivity contribution is -0.145. The highest BCUT2D eigenvalue weighted by Crippen LogP contribution is 2.22. The van der Waals surface area contributed by atoms with Crippen molar-refractivity contribution in [1.82, 2.24) is 10.5 Å². The van der Waals surface area contributed by atoms with Gasteiger partial charge in [-0.1, -0.05) is 24.4 Å². The number of nitrogens with zero attached hydrogens (tertiary/aromatic N) is 1. The number of hydrogen-bond donors (Lipinski definition) is 1. The van der Waals surface area contributed by atoms with Crippen molar-refractivity contribution in [2.75, 3.05) is 13.7 Å². The third kappa shape index (κ3) is 4.91. The summed E-state index contributed by atoms with van der Waals surface area (Å²) in [7, 11) is 1.41. The van der Waals surface area contributed by atoms with E-state index in [2.05, 4.69) is 10.5 Å². The Balaban J connectivity index is 1.62. The van der Waals surface area contributed by atoms with Gasteiger partial charge in [0.2, 0.25) is 0 Å². The highest BCUT2D eigenvalue weighted by Gasteiger charge is 2.23. The van der Waals surface area contributed by atoms with Crippen molar-refractivity contribution < 1.29 is 18.4 Å². The van der Waals surface area contributed by atoms with E-state index < -0.39 is 0 Å². The fourth-order valence-electron chi connectivity index (χ4n) is 3.43. The minimum absolute atomic E-state index is 0.250. The molecule has 2 aromatic rings. The van der Waals surface area contributed by atoms with Crippen LogP contribution in [0.2, 0.25) is 0 Å². The van der Waals surface area contributed by atoms with Gasteiger partial charge in [-0.15, -0.1) is 0 Å². The molecule has 1 aromatic carbocycles. The number of ether oxygens (including phenoxy) is 1. The Labute approximate surface area is 152 Å². The molecule has 26 heavy (non-hydrogen) atoms. The maximum atomic E-state index is 13.0. The molecule has 1 aromatic heterocycles. The fraction of sp³-hybridized carbons (Fsp3) is 0.500. The van der Waals surface area contributed by atoms with E-state index in [1.54, 1.807) is 18.2 Å². The first-order valence-corrected chi connectivity index (χ1v) is 9.18. The molecule has 0 spiro atoms. The van der Waals surface area contributed by atoms with Gasteiger partial charge in [0.15, 0.2) is 5.76 Å². The second-order valence-electron chi connectivity index (χ2n) is 6.86. The van der Waals surface area contributed by atoms with Crippen LogP contribution in [-0.4, -0.2) is 30.8 Å². The molecule has 0 amide bonds. The average molecular weight is 360 g/mol. The van der Waals surface area contributed by atoms with Crippen molar-refractivity contribution in [2.24, 2.45) is 5.92 Å². The molecule has 1 heterocycles. The first-order chi connectivity index (χ1) is 12.7. The van der Waals surface area contributed by atoms with Gasteiger partial charge in [0.05, 0.1) is 18.7 Å². The van der Waals surface area contributed by atoms with Gasteiger partial charge < -0.3 is 14.6 Å². The Morgan fingerprint density at radius 1 is 1.31 bits per heavy atom. The lowest BCUT2D eigenvalue weighted by Crippen LogP contribution is -2.38. The lowest BCUT2D eigenvalue weighted by Gasteiger charge is -2.24. The van der Waals surface area contributed by atoms with Crippen LogP contribution in [0.1, 0.15) is 37.8 Å². The Hall–Kier alpha value is -2.21. The van der Waals surface area contributed by atoms with Gasteiger partial charge in [-0.3, -0.25) is 4.79 Å². The van der Waals surface area contributed by atoms with Crippen LogP contribution in [0.4, 0.5) is 4.39 Å². The summed E-state index contributed by atoms with van der Waals surface area (Å²) in [4.78, 5) is 12.1. The number of aromatic nitrogens is 1. The van der Waals surface area contributed by atoms with Gasteiger partial charge >= 0.3 is 5.97 Å². The highest BCUT2D eigenvalue weighted by atomic mass is 19.1. The summed E-state index contributed by atoms with van der Waals surface area (Å²) in [6, 6.07) is 8.31. The SMILES string of the molecule is COC(=O)C(CNC1CCCCC1)Cc1cc(-c2ccc(F)cc2)on1. The van der Waals surface area contributed by atoms with Gasteiger partial charge in [-0.2, -0.15) is 0 Å². The number of halogens is 1. The summed E-state index contributed by atoms with van der Waals surface area (Å²) < 4.78 is 23.3. The number of methoxy groups -OCH3 is 1. The molecule has 0 bridgehead atoms. The molecule has 0 radical (unpaired) electrons. The van der Waals surface area contributed by atoms with Gasteiger partial charge in [0.1, 0.15) is 5.82 Å². The number of rotatable bonds is 7. The topological polar surface area (TPSA) is 64.4 Å². The zero-order chi connectivity index (χ0) is 18.4.